The lowest BCUT2D eigenvalue weighted by Gasteiger charge is -2.11. The SMILES string of the molecule is C=CCc1ccccc1OCC(=O)Nc1ccc(C(=O)OC)cc1. The van der Waals surface area contributed by atoms with Gasteiger partial charge >= 0.3 is 5.97 Å². The van der Waals surface area contributed by atoms with Crippen molar-refractivity contribution in [3.63, 3.8) is 0 Å². The minimum atomic E-state index is -0.421. The summed E-state index contributed by atoms with van der Waals surface area (Å²) in [5.74, 6) is -0.0437. The molecule has 0 bridgehead atoms. The van der Waals surface area contributed by atoms with Gasteiger partial charge in [0.15, 0.2) is 6.61 Å². The zero-order chi connectivity index (χ0) is 17.4. The number of allylic oxidation sites excluding steroid dienone is 1. The fourth-order valence-corrected chi connectivity index (χ4v) is 2.12. The number of nitrogens with one attached hydrogen (secondary N) is 1. The summed E-state index contributed by atoms with van der Waals surface area (Å²) in [5, 5.41) is 2.71. The van der Waals surface area contributed by atoms with Crippen molar-refractivity contribution in [2.45, 2.75) is 6.42 Å². The van der Waals surface area contributed by atoms with E-state index in [-0.39, 0.29) is 12.5 Å². The highest BCUT2D eigenvalue weighted by Crippen LogP contribution is 2.18. The van der Waals surface area contributed by atoms with E-state index in [1.165, 1.54) is 7.11 Å². The summed E-state index contributed by atoms with van der Waals surface area (Å²) in [6.07, 6.45) is 2.46. The van der Waals surface area contributed by atoms with Gasteiger partial charge in [0.2, 0.25) is 0 Å². The maximum Gasteiger partial charge on any atom is 0.337 e. The lowest BCUT2D eigenvalue weighted by molar-refractivity contribution is -0.118. The van der Waals surface area contributed by atoms with E-state index in [0.29, 0.717) is 23.4 Å². The lowest BCUT2D eigenvalue weighted by Crippen LogP contribution is -2.20. The van der Waals surface area contributed by atoms with E-state index >= 15 is 0 Å². The van der Waals surface area contributed by atoms with Crippen LogP contribution >= 0.6 is 0 Å². The van der Waals surface area contributed by atoms with Gasteiger partial charge in [0.25, 0.3) is 5.91 Å². The number of hydrogen-bond acceptors (Lipinski definition) is 4. The van der Waals surface area contributed by atoms with Crippen molar-refractivity contribution in [3.05, 3.63) is 72.3 Å². The Hall–Kier alpha value is -3.08. The third-order valence-electron chi connectivity index (χ3n) is 3.29. The van der Waals surface area contributed by atoms with Gasteiger partial charge in [-0.1, -0.05) is 24.3 Å². The molecule has 0 atom stereocenters. The molecule has 2 rings (SSSR count). The minimum Gasteiger partial charge on any atom is -0.483 e. The van der Waals surface area contributed by atoms with Crippen LogP contribution in [0.3, 0.4) is 0 Å². The zero-order valence-corrected chi connectivity index (χ0v) is 13.5. The van der Waals surface area contributed by atoms with Gasteiger partial charge in [-0.3, -0.25) is 4.79 Å². The van der Waals surface area contributed by atoms with Crippen molar-refractivity contribution in [2.24, 2.45) is 0 Å². The molecule has 2 aromatic carbocycles. The highest BCUT2D eigenvalue weighted by atomic mass is 16.5. The quantitative estimate of drug-likeness (QED) is 0.627. The molecule has 0 heterocycles. The van der Waals surface area contributed by atoms with E-state index in [4.69, 9.17) is 4.74 Å². The summed E-state index contributed by atoms with van der Waals surface area (Å²) in [4.78, 5) is 23.3. The van der Waals surface area contributed by atoms with Gasteiger partial charge in [0.1, 0.15) is 5.75 Å². The summed E-state index contributed by atoms with van der Waals surface area (Å²) in [7, 11) is 1.32. The Bertz CT molecular complexity index is 722. The van der Waals surface area contributed by atoms with Crippen LogP contribution in [-0.2, 0) is 16.0 Å². The number of para-hydroxylation sites is 1. The van der Waals surface area contributed by atoms with E-state index in [1.807, 2.05) is 24.3 Å². The van der Waals surface area contributed by atoms with Crippen LogP contribution in [0.2, 0.25) is 0 Å². The monoisotopic (exact) mass is 325 g/mol. The van der Waals surface area contributed by atoms with Gasteiger partial charge < -0.3 is 14.8 Å². The third kappa shape index (κ3) is 4.71. The number of carbonyl (C=O) groups is 2. The van der Waals surface area contributed by atoms with Crippen LogP contribution < -0.4 is 10.1 Å². The van der Waals surface area contributed by atoms with Crippen molar-refractivity contribution in [2.75, 3.05) is 19.0 Å². The average Bonchev–Trinajstić information content (AvgIpc) is 2.61. The first-order chi connectivity index (χ1) is 11.6. The van der Waals surface area contributed by atoms with Crippen molar-refractivity contribution in [3.8, 4) is 5.75 Å². The molecule has 0 unspecified atom stereocenters. The predicted octanol–water partition coefficient (Wildman–Crippen LogP) is 3.22. The molecule has 1 amide bonds. The first-order valence-electron chi connectivity index (χ1n) is 7.44. The topological polar surface area (TPSA) is 64.6 Å². The Labute approximate surface area is 140 Å². The van der Waals surface area contributed by atoms with Crippen LogP contribution in [0.15, 0.2) is 61.2 Å². The minimum absolute atomic E-state index is 0.104. The number of ether oxygens (including phenoxy) is 2. The Kier molecular flexibility index (Phi) is 6.14. The van der Waals surface area contributed by atoms with Gasteiger partial charge in [-0.05, 0) is 42.3 Å². The second-order valence-electron chi connectivity index (χ2n) is 5.01. The highest BCUT2D eigenvalue weighted by Gasteiger charge is 2.08. The standard InChI is InChI=1S/C19H19NO4/c1-3-6-14-7-4-5-8-17(14)24-13-18(21)20-16-11-9-15(10-12-16)19(22)23-2/h3-5,7-12H,1,6,13H2,2H3,(H,20,21). The molecule has 0 aliphatic carbocycles. The maximum atomic E-state index is 12.0. The smallest absolute Gasteiger partial charge is 0.337 e. The molecule has 0 aromatic heterocycles. The second-order valence-corrected chi connectivity index (χ2v) is 5.01. The number of benzene rings is 2. The molecule has 124 valence electrons. The molecule has 1 N–H and O–H groups in total. The Balaban J connectivity index is 1.92. The molecular formula is C19H19NO4. The number of hydrogen-bond donors (Lipinski definition) is 1. The van der Waals surface area contributed by atoms with Gasteiger partial charge in [-0.2, -0.15) is 0 Å². The number of esters is 1. The summed E-state index contributed by atoms with van der Waals surface area (Å²) in [5.41, 5.74) is 1.98. The first-order valence-corrected chi connectivity index (χ1v) is 7.44. The van der Waals surface area contributed by atoms with Crippen molar-refractivity contribution in [1.82, 2.24) is 0 Å². The van der Waals surface area contributed by atoms with Crippen LogP contribution in [0.4, 0.5) is 5.69 Å². The van der Waals surface area contributed by atoms with E-state index in [2.05, 4.69) is 16.6 Å². The molecule has 0 radical (unpaired) electrons. The van der Waals surface area contributed by atoms with Crippen LogP contribution in [0.5, 0.6) is 5.75 Å². The van der Waals surface area contributed by atoms with E-state index < -0.39 is 5.97 Å². The molecule has 0 spiro atoms. The van der Waals surface area contributed by atoms with E-state index in [0.717, 1.165) is 5.56 Å². The molecule has 24 heavy (non-hydrogen) atoms. The van der Waals surface area contributed by atoms with Crippen molar-refractivity contribution < 1.29 is 19.1 Å². The fraction of sp³-hybridized carbons (Fsp3) is 0.158. The van der Waals surface area contributed by atoms with Crippen LogP contribution in [0.25, 0.3) is 0 Å². The Morgan fingerprint density at radius 1 is 1.12 bits per heavy atom. The number of anilines is 1. The second kappa shape index (κ2) is 8.53. The Morgan fingerprint density at radius 2 is 1.83 bits per heavy atom. The molecule has 0 aliphatic heterocycles. The average molecular weight is 325 g/mol. The number of methoxy groups -OCH3 is 1. The highest BCUT2D eigenvalue weighted by molar-refractivity contribution is 5.93. The molecule has 2 aromatic rings. The van der Waals surface area contributed by atoms with Crippen LogP contribution in [-0.4, -0.2) is 25.6 Å². The van der Waals surface area contributed by atoms with Crippen molar-refractivity contribution in [1.29, 1.82) is 0 Å². The molecule has 0 aliphatic rings. The van der Waals surface area contributed by atoms with E-state index in [1.54, 1.807) is 30.3 Å². The van der Waals surface area contributed by atoms with Gasteiger partial charge in [-0.15, -0.1) is 6.58 Å². The number of carbonyl (C=O) groups excluding carboxylic acids is 2. The molecule has 5 nitrogen and oxygen atoms in total. The summed E-state index contributed by atoms with van der Waals surface area (Å²) in [6, 6.07) is 14.0. The van der Waals surface area contributed by atoms with E-state index in [9.17, 15) is 9.59 Å². The summed E-state index contributed by atoms with van der Waals surface area (Å²) < 4.78 is 10.2. The lowest BCUT2D eigenvalue weighted by atomic mass is 10.1. The summed E-state index contributed by atoms with van der Waals surface area (Å²) in [6.45, 7) is 3.60. The molecule has 0 fully saturated rings. The molecule has 0 saturated carbocycles. The first kappa shape index (κ1) is 17.3. The van der Waals surface area contributed by atoms with Gasteiger partial charge in [-0.25, -0.2) is 4.79 Å². The summed E-state index contributed by atoms with van der Waals surface area (Å²) >= 11 is 0. The number of rotatable bonds is 7. The Morgan fingerprint density at radius 3 is 2.50 bits per heavy atom. The predicted molar refractivity (Wildman–Crippen MR) is 92.2 cm³/mol. The third-order valence-corrected chi connectivity index (χ3v) is 3.29. The maximum absolute atomic E-state index is 12.0. The zero-order valence-electron chi connectivity index (χ0n) is 13.5. The van der Waals surface area contributed by atoms with Crippen molar-refractivity contribution >= 4 is 17.6 Å². The van der Waals surface area contributed by atoms with Gasteiger partial charge in [0, 0.05) is 5.69 Å². The fourth-order valence-electron chi connectivity index (χ4n) is 2.12. The molecule has 0 saturated heterocycles. The number of amides is 1. The van der Waals surface area contributed by atoms with Gasteiger partial charge in [0.05, 0.1) is 12.7 Å². The largest absolute Gasteiger partial charge is 0.483 e. The van der Waals surface area contributed by atoms with Crippen LogP contribution in [0.1, 0.15) is 15.9 Å². The molecular weight excluding hydrogens is 306 g/mol. The molecule has 5 heteroatoms. The van der Waals surface area contributed by atoms with Crippen LogP contribution in [0, 0.1) is 0 Å². The normalized spacial score (nSPS) is 9.88.